The van der Waals surface area contributed by atoms with Crippen LogP contribution in [0.25, 0.3) is 0 Å². The number of likely N-dealkylation sites (tertiary alicyclic amines) is 1. The molecule has 0 radical (unpaired) electrons. The number of nitrogens with zero attached hydrogens (tertiary/aromatic N) is 3. The molecular weight excluding hydrogens is 264 g/mol. The highest BCUT2D eigenvalue weighted by Gasteiger charge is 2.27. The molecule has 2 N–H and O–H groups in total. The highest BCUT2D eigenvalue weighted by atomic mass is 16.2. The number of nitrogens with two attached hydrogens (primary N) is 1. The van der Waals surface area contributed by atoms with Gasteiger partial charge in [0.05, 0.1) is 12.6 Å². The van der Waals surface area contributed by atoms with Gasteiger partial charge in [0, 0.05) is 31.5 Å². The second-order valence-electron chi connectivity index (χ2n) is 5.81. The Hall–Kier alpha value is -1.46. The van der Waals surface area contributed by atoms with Crippen LogP contribution in [0, 0.1) is 0 Å². The van der Waals surface area contributed by atoms with E-state index in [2.05, 4.69) is 16.8 Å². The summed E-state index contributed by atoms with van der Waals surface area (Å²) in [5.74, 6) is 0.201. The Bertz CT molecular complexity index is 445. The Morgan fingerprint density at radius 1 is 1.48 bits per heavy atom. The van der Waals surface area contributed by atoms with Crippen LogP contribution in [-0.4, -0.2) is 53.4 Å². The molecular formula is C16H26N4O. The number of aromatic nitrogens is 1. The second kappa shape index (κ2) is 7.52. The summed E-state index contributed by atoms with van der Waals surface area (Å²) in [4.78, 5) is 20.5. The SMILES string of the molecule is CCC(N)C(c1cccnc1)N(C)CC(=O)N1CCCC1. The molecule has 21 heavy (non-hydrogen) atoms. The number of amides is 1. The van der Waals surface area contributed by atoms with Crippen LogP contribution in [0.2, 0.25) is 0 Å². The number of hydrogen-bond donors (Lipinski definition) is 1. The first-order valence-electron chi connectivity index (χ1n) is 7.77. The molecule has 2 heterocycles. The zero-order valence-electron chi connectivity index (χ0n) is 13.0. The van der Waals surface area contributed by atoms with Gasteiger partial charge in [0.1, 0.15) is 0 Å². The summed E-state index contributed by atoms with van der Waals surface area (Å²) in [6.07, 6.45) is 6.71. The number of carbonyl (C=O) groups excluding carboxylic acids is 1. The van der Waals surface area contributed by atoms with Gasteiger partial charge >= 0.3 is 0 Å². The number of carbonyl (C=O) groups is 1. The molecule has 2 unspecified atom stereocenters. The maximum atomic E-state index is 12.3. The third kappa shape index (κ3) is 4.02. The average Bonchev–Trinajstić information content (AvgIpc) is 3.02. The minimum absolute atomic E-state index is 0.00872. The topological polar surface area (TPSA) is 62.5 Å². The van der Waals surface area contributed by atoms with Gasteiger partial charge in [-0.25, -0.2) is 0 Å². The normalized spacial score (nSPS) is 18.0. The van der Waals surface area contributed by atoms with Crippen molar-refractivity contribution >= 4 is 5.91 Å². The van der Waals surface area contributed by atoms with Crippen molar-refractivity contribution in [1.82, 2.24) is 14.8 Å². The van der Waals surface area contributed by atoms with Gasteiger partial charge in [-0.1, -0.05) is 13.0 Å². The van der Waals surface area contributed by atoms with Gasteiger partial charge in [-0.2, -0.15) is 0 Å². The maximum Gasteiger partial charge on any atom is 0.236 e. The molecule has 2 atom stereocenters. The third-order valence-electron chi connectivity index (χ3n) is 4.22. The molecule has 1 aromatic rings. The summed E-state index contributed by atoms with van der Waals surface area (Å²) in [6.45, 7) is 4.27. The largest absolute Gasteiger partial charge is 0.342 e. The number of hydrogen-bond acceptors (Lipinski definition) is 4. The number of rotatable bonds is 6. The molecule has 1 fully saturated rings. The van der Waals surface area contributed by atoms with Gasteiger partial charge in [0.15, 0.2) is 0 Å². The molecule has 1 saturated heterocycles. The van der Waals surface area contributed by atoms with E-state index in [1.165, 1.54) is 0 Å². The van der Waals surface area contributed by atoms with E-state index in [0.717, 1.165) is 37.9 Å². The van der Waals surface area contributed by atoms with Crippen molar-refractivity contribution in [1.29, 1.82) is 0 Å². The summed E-state index contributed by atoms with van der Waals surface area (Å²) in [5.41, 5.74) is 7.36. The van der Waals surface area contributed by atoms with Crippen LogP contribution in [0.5, 0.6) is 0 Å². The summed E-state index contributed by atoms with van der Waals surface area (Å²) < 4.78 is 0. The first kappa shape index (κ1) is 15.9. The lowest BCUT2D eigenvalue weighted by molar-refractivity contribution is -0.131. The van der Waals surface area contributed by atoms with Crippen molar-refractivity contribution in [2.45, 2.75) is 38.3 Å². The van der Waals surface area contributed by atoms with E-state index >= 15 is 0 Å². The Morgan fingerprint density at radius 3 is 2.76 bits per heavy atom. The first-order chi connectivity index (χ1) is 10.1. The van der Waals surface area contributed by atoms with Crippen molar-refractivity contribution < 1.29 is 4.79 Å². The fraction of sp³-hybridized carbons (Fsp3) is 0.625. The van der Waals surface area contributed by atoms with Gasteiger partial charge in [-0.15, -0.1) is 0 Å². The molecule has 1 aliphatic rings. The molecule has 2 rings (SSSR count). The van der Waals surface area contributed by atoms with Crippen LogP contribution in [0.15, 0.2) is 24.5 Å². The molecule has 0 aromatic carbocycles. The lowest BCUT2D eigenvalue weighted by atomic mass is 9.98. The minimum Gasteiger partial charge on any atom is -0.342 e. The van der Waals surface area contributed by atoms with Crippen LogP contribution in [0.4, 0.5) is 0 Å². The smallest absolute Gasteiger partial charge is 0.236 e. The van der Waals surface area contributed by atoms with Crippen molar-refractivity contribution in [2.24, 2.45) is 5.73 Å². The van der Waals surface area contributed by atoms with Gasteiger partial charge in [-0.05, 0) is 37.9 Å². The molecule has 1 aromatic heterocycles. The van der Waals surface area contributed by atoms with Crippen LogP contribution in [0.1, 0.15) is 37.8 Å². The molecule has 1 amide bonds. The predicted molar refractivity (Wildman–Crippen MR) is 83.7 cm³/mol. The van der Waals surface area contributed by atoms with Crippen LogP contribution in [-0.2, 0) is 4.79 Å². The highest BCUT2D eigenvalue weighted by molar-refractivity contribution is 5.78. The van der Waals surface area contributed by atoms with Gasteiger partial charge in [0.25, 0.3) is 0 Å². The monoisotopic (exact) mass is 290 g/mol. The fourth-order valence-corrected chi connectivity index (χ4v) is 2.98. The van der Waals surface area contributed by atoms with Crippen LogP contribution in [0.3, 0.4) is 0 Å². The van der Waals surface area contributed by atoms with Gasteiger partial charge in [0.2, 0.25) is 5.91 Å². The Labute approximate surface area is 127 Å². The first-order valence-corrected chi connectivity index (χ1v) is 7.77. The molecule has 5 nitrogen and oxygen atoms in total. The fourth-order valence-electron chi connectivity index (χ4n) is 2.98. The lowest BCUT2D eigenvalue weighted by Crippen LogP contribution is -2.44. The van der Waals surface area contributed by atoms with E-state index in [4.69, 9.17) is 5.73 Å². The zero-order valence-corrected chi connectivity index (χ0v) is 13.0. The van der Waals surface area contributed by atoms with E-state index in [9.17, 15) is 4.79 Å². The molecule has 0 spiro atoms. The third-order valence-corrected chi connectivity index (χ3v) is 4.22. The number of pyridine rings is 1. The summed E-state index contributed by atoms with van der Waals surface area (Å²) in [5, 5.41) is 0. The summed E-state index contributed by atoms with van der Waals surface area (Å²) in [6, 6.07) is 3.96. The zero-order chi connectivity index (χ0) is 15.2. The molecule has 0 bridgehead atoms. The van der Waals surface area contributed by atoms with E-state index in [-0.39, 0.29) is 18.0 Å². The van der Waals surface area contributed by atoms with E-state index in [1.54, 1.807) is 6.20 Å². The molecule has 0 aliphatic carbocycles. The Balaban J connectivity index is 2.07. The predicted octanol–water partition coefficient (Wildman–Crippen LogP) is 1.41. The van der Waals surface area contributed by atoms with Crippen LogP contribution < -0.4 is 5.73 Å². The van der Waals surface area contributed by atoms with Crippen LogP contribution >= 0.6 is 0 Å². The lowest BCUT2D eigenvalue weighted by Gasteiger charge is -2.33. The van der Waals surface area contributed by atoms with Gasteiger partial charge in [-0.3, -0.25) is 14.7 Å². The van der Waals surface area contributed by atoms with Gasteiger partial charge < -0.3 is 10.6 Å². The molecule has 0 saturated carbocycles. The van der Waals surface area contributed by atoms with Crippen molar-refractivity contribution in [2.75, 3.05) is 26.7 Å². The van der Waals surface area contributed by atoms with E-state index in [0.29, 0.717) is 6.54 Å². The standard InChI is InChI=1S/C16H26N4O/c1-3-14(17)16(13-7-6-8-18-11-13)19(2)12-15(21)20-9-4-5-10-20/h6-8,11,14,16H,3-5,9-10,12,17H2,1-2H3. The van der Waals surface area contributed by atoms with E-state index < -0.39 is 0 Å². The summed E-state index contributed by atoms with van der Waals surface area (Å²) in [7, 11) is 1.97. The second-order valence-corrected chi connectivity index (χ2v) is 5.81. The summed E-state index contributed by atoms with van der Waals surface area (Å²) >= 11 is 0. The number of likely N-dealkylation sites (N-methyl/N-ethyl adjacent to an activating group) is 1. The highest BCUT2D eigenvalue weighted by Crippen LogP contribution is 2.23. The molecule has 1 aliphatic heterocycles. The average molecular weight is 290 g/mol. The Morgan fingerprint density at radius 2 is 2.19 bits per heavy atom. The molecule has 116 valence electrons. The Kier molecular flexibility index (Phi) is 5.70. The maximum absolute atomic E-state index is 12.3. The van der Waals surface area contributed by atoms with Crippen molar-refractivity contribution in [3.63, 3.8) is 0 Å². The molecule has 5 heteroatoms. The quantitative estimate of drug-likeness (QED) is 0.860. The van der Waals surface area contributed by atoms with Crippen molar-refractivity contribution in [3.8, 4) is 0 Å². The van der Waals surface area contributed by atoms with E-state index in [1.807, 2.05) is 30.3 Å². The van der Waals surface area contributed by atoms with Crippen molar-refractivity contribution in [3.05, 3.63) is 30.1 Å². The minimum atomic E-state index is -0.00872.